The lowest BCUT2D eigenvalue weighted by molar-refractivity contribution is -0.160. The molecule has 2 amide bonds. The highest BCUT2D eigenvalue weighted by molar-refractivity contribution is 5.97. The van der Waals surface area contributed by atoms with Gasteiger partial charge < -0.3 is 28.7 Å². The Morgan fingerprint density at radius 1 is 0.686 bits per heavy atom. The SMILES string of the molecule is C/C(=C\C(=O)OCC(=O)N(C)CC(=O)OC(C)(C)C)C(=O)OCC(=O)N(C)CC(=O)OC(C)(C)C. The summed E-state index contributed by atoms with van der Waals surface area (Å²) in [6, 6.07) is 0. The van der Waals surface area contributed by atoms with Crippen molar-refractivity contribution in [1.82, 2.24) is 9.80 Å². The molecule has 0 fully saturated rings. The summed E-state index contributed by atoms with van der Waals surface area (Å²) in [6.07, 6.45) is 0.804. The average Bonchev–Trinajstić information content (AvgIpc) is 2.66. The van der Waals surface area contributed by atoms with E-state index in [0.29, 0.717) is 0 Å². The number of nitrogens with zero attached hydrogens (tertiary/aromatic N) is 2. The zero-order valence-corrected chi connectivity index (χ0v) is 21.9. The van der Waals surface area contributed by atoms with Crippen molar-refractivity contribution >= 4 is 35.7 Å². The van der Waals surface area contributed by atoms with Gasteiger partial charge in [-0.3, -0.25) is 19.2 Å². The van der Waals surface area contributed by atoms with Crippen LogP contribution in [0.1, 0.15) is 48.5 Å². The van der Waals surface area contributed by atoms with Gasteiger partial charge in [-0.1, -0.05) is 0 Å². The Labute approximate surface area is 205 Å². The van der Waals surface area contributed by atoms with Crippen molar-refractivity contribution in [2.45, 2.75) is 59.7 Å². The average molecular weight is 501 g/mol. The monoisotopic (exact) mass is 500 g/mol. The summed E-state index contributed by atoms with van der Waals surface area (Å²) in [5.41, 5.74) is -1.59. The molecule has 0 aromatic heterocycles. The lowest BCUT2D eigenvalue weighted by atomic mass is 10.2. The number of amides is 2. The van der Waals surface area contributed by atoms with Crippen LogP contribution >= 0.6 is 0 Å². The van der Waals surface area contributed by atoms with Crippen molar-refractivity contribution in [3.8, 4) is 0 Å². The number of hydrogen-bond acceptors (Lipinski definition) is 10. The minimum absolute atomic E-state index is 0.174. The highest BCUT2D eigenvalue weighted by Gasteiger charge is 2.22. The van der Waals surface area contributed by atoms with Crippen LogP contribution < -0.4 is 0 Å². The van der Waals surface area contributed by atoms with Crippen molar-refractivity contribution in [2.75, 3.05) is 40.4 Å². The third-order valence-corrected chi connectivity index (χ3v) is 3.75. The van der Waals surface area contributed by atoms with E-state index in [-0.39, 0.29) is 18.7 Å². The summed E-state index contributed by atoms with van der Waals surface area (Å²) in [5.74, 6) is -4.51. The van der Waals surface area contributed by atoms with E-state index < -0.39 is 60.1 Å². The van der Waals surface area contributed by atoms with Crippen molar-refractivity contribution < 1.29 is 47.7 Å². The van der Waals surface area contributed by atoms with Crippen molar-refractivity contribution in [3.63, 3.8) is 0 Å². The molecule has 0 atom stereocenters. The molecule has 0 heterocycles. The number of carbonyl (C=O) groups is 6. The molecule has 198 valence electrons. The van der Waals surface area contributed by atoms with Gasteiger partial charge in [-0.15, -0.1) is 0 Å². The van der Waals surface area contributed by atoms with Gasteiger partial charge in [0.05, 0.1) is 0 Å². The van der Waals surface area contributed by atoms with Crippen molar-refractivity contribution in [2.24, 2.45) is 0 Å². The van der Waals surface area contributed by atoms with Crippen LogP contribution in [0.5, 0.6) is 0 Å². The molecule has 0 aliphatic heterocycles. The molecule has 0 spiro atoms. The van der Waals surface area contributed by atoms with Gasteiger partial charge in [0.1, 0.15) is 24.3 Å². The summed E-state index contributed by atoms with van der Waals surface area (Å²) in [6.45, 7) is 9.40. The molecule has 0 rings (SSSR count). The second-order valence-corrected chi connectivity index (χ2v) is 9.68. The number of esters is 4. The van der Waals surface area contributed by atoms with Crippen LogP contribution in [0, 0.1) is 0 Å². The van der Waals surface area contributed by atoms with E-state index in [1.165, 1.54) is 21.0 Å². The molecule has 35 heavy (non-hydrogen) atoms. The van der Waals surface area contributed by atoms with E-state index in [1.54, 1.807) is 41.5 Å². The lowest BCUT2D eigenvalue weighted by Crippen LogP contribution is -2.38. The van der Waals surface area contributed by atoms with Crippen LogP contribution in [-0.2, 0) is 47.7 Å². The van der Waals surface area contributed by atoms with E-state index in [1.807, 2.05) is 0 Å². The van der Waals surface area contributed by atoms with E-state index in [9.17, 15) is 28.8 Å². The molecular weight excluding hydrogens is 464 g/mol. The van der Waals surface area contributed by atoms with Crippen LogP contribution in [0.15, 0.2) is 11.6 Å². The maximum absolute atomic E-state index is 12.0. The quantitative estimate of drug-likeness (QED) is 0.238. The fraction of sp³-hybridized carbons (Fsp3) is 0.652. The third-order valence-electron chi connectivity index (χ3n) is 3.75. The summed E-state index contributed by atoms with van der Waals surface area (Å²) >= 11 is 0. The Hall–Kier alpha value is -3.44. The van der Waals surface area contributed by atoms with Crippen LogP contribution in [0.3, 0.4) is 0 Å². The predicted octanol–water partition coefficient (Wildman–Crippen LogP) is 0.619. The van der Waals surface area contributed by atoms with Crippen LogP contribution in [-0.4, -0.2) is 97.1 Å². The fourth-order valence-corrected chi connectivity index (χ4v) is 2.18. The van der Waals surface area contributed by atoms with Crippen LogP contribution in [0.25, 0.3) is 0 Å². The van der Waals surface area contributed by atoms with E-state index in [4.69, 9.17) is 18.9 Å². The van der Waals surface area contributed by atoms with Crippen LogP contribution in [0.2, 0.25) is 0 Å². The first-order valence-electron chi connectivity index (χ1n) is 10.7. The van der Waals surface area contributed by atoms with Gasteiger partial charge in [0.2, 0.25) is 0 Å². The molecule has 0 saturated carbocycles. The number of carbonyl (C=O) groups excluding carboxylic acids is 6. The third kappa shape index (κ3) is 15.2. The Morgan fingerprint density at radius 3 is 1.43 bits per heavy atom. The minimum Gasteiger partial charge on any atom is -0.459 e. The zero-order valence-electron chi connectivity index (χ0n) is 21.9. The second-order valence-electron chi connectivity index (χ2n) is 9.68. The zero-order chi connectivity index (χ0) is 27.6. The molecule has 0 radical (unpaired) electrons. The first-order valence-corrected chi connectivity index (χ1v) is 10.7. The Balaban J connectivity index is 4.56. The topological polar surface area (TPSA) is 146 Å². The number of hydrogen-bond donors (Lipinski definition) is 0. The highest BCUT2D eigenvalue weighted by atomic mass is 16.6. The summed E-state index contributed by atoms with van der Waals surface area (Å²) < 4.78 is 19.8. The van der Waals surface area contributed by atoms with Gasteiger partial charge in [-0.25, -0.2) is 9.59 Å². The first kappa shape index (κ1) is 31.6. The fourth-order valence-electron chi connectivity index (χ4n) is 2.18. The minimum atomic E-state index is -0.994. The molecular formula is C23H36N2O10. The van der Waals surface area contributed by atoms with Gasteiger partial charge in [0.15, 0.2) is 13.2 Å². The largest absolute Gasteiger partial charge is 0.459 e. The molecule has 0 aromatic rings. The van der Waals surface area contributed by atoms with E-state index >= 15 is 0 Å². The normalized spacial score (nSPS) is 11.7. The molecule has 0 aliphatic carbocycles. The predicted molar refractivity (Wildman–Crippen MR) is 123 cm³/mol. The summed E-state index contributed by atoms with van der Waals surface area (Å²) in [7, 11) is 2.69. The van der Waals surface area contributed by atoms with Gasteiger partial charge in [0.25, 0.3) is 11.8 Å². The number of rotatable bonds is 10. The smallest absolute Gasteiger partial charge is 0.334 e. The molecule has 12 nitrogen and oxygen atoms in total. The Morgan fingerprint density at radius 2 is 1.06 bits per heavy atom. The van der Waals surface area contributed by atoms with Crippen LogP contribution in [0.4, 0.5) is 0 Å². The second kappa shape index (κ2) is 13.4. The van der Waals surface area contributed by atoms with E-state index in [2.05, 4.69) is 0 Å². The molecule has 0 unspecified atom stereocenters. The standard InChI is InChI=1S/C23H36N2O10/c1-15(21(31)33-14-17(27)25(9)12-20(30)35-23(5,6)7)10-18(28)32-13-16(26)24(8)11-19(29)34-22(2,3)4/h10H,11-14H2,1-9H3/b15-10+. The van der Waals surface area contributed by atoms with Gasteiger partial charge in [0, 0.05) is 25.7 Å². The van der Waals surface area contributed by atoms with Crippen molar-refractivity contribution in [3.05, 3.63) is 11.6 Å². The molecule has 0 bridgehead atoms. The van der Waals surface area contributed by atoms with Gasteiger partial charge >= 0.3 is 23.9 Å². The lowest BCUT2D eigenvalue weighted by Gasteiger charge is -2.22. The molecule has 0 N–H and O–H groups in total. The summed E-state index contributed by atoms with van der Waals surface area (Å²) in [4.78, 5) is 73.5. The molecule has 0 aromatic carbocycles. The van der Waals surface area contributed by atoms with E-state index in [0.717, 1.165) is 15.9 Å². The van der Waals surface area contributed by atoms with Gasteiger partial charge in [-0.2, -0.15) is 0 Å². The highest BCUT2D eigenvalue weighted by Crippen LogP contribution is 2.08. The Bertz CT molecular complexity index is 849. The first-order chi connectivity index (χ1) is 15.8. The number of likely N-dealkylation sites (N-methyl/N-ethyl adjacent to an activating group) is 2. The molecule has 0 saturated heterocycles. The number of ether oxygens (including phenoxy) is 4. The Kier molecular flexibility index (Phi) is 12.1. The maximum atomic E-state index is 12.0. The van der Waals surface area contributed by atoms with Crippen molar-refractivity contribution in [1.29, 1.82) is 0 Å². The molecule has 12 heteroatoms. The summed E-state index contributed by atoms with van der Waals surface area (Å²) in [5, 5.41) is 0. The van der Waals surface area contributed by atoms with Gasteiger partial charge in [-0.05, 0) is 48.5 Å². The maximum Gasteiger partial charge on any atom is 0.334 e. The molecule has 0 aliphatic rings.